The van der Waals surface area contributed by atoms with Crippen LogP contribution in [0.1, 0.15) is 44.0 Å². The number of halogens is 1. The van der Waals surface area contributed by atoms with Crippen LogP contribution in [0.25, 0.3) is 0 Å². The molecule has 116 valence electrons. The summed E-state index contributed by atoms with van der Waals surface area (Å²) >= 11 is 3.34. The smallest absolute Gasteiger partial charge is 0.338 e. The first-order valence-corrected chi connectivity index (χ1v) is 7.74. The second kappa shape index (κ2) is 7.56. The molecule has 1 aromatic carbocycles. The normalized spacial score (nSPS) is 11.1. The number of rotatable bonds is 6. The first-order valence-electron chi connectivity index (χ1n) is 6.95. The first-order chi connectivity index (χ1) is 9.87. The molecule has 1 amide bonds. The van der Waals surface area contributed by atoms with Gasteiger partial charge in [0.1, 0.15) is 0 Å². The van der Waals surface area contributed by atoms with Crippen molar-refractivity contribution in [1.29, 1.82) is 0 Å². The Balaban J connectivity index is 2.91. The van der Waals surface area contributed by atoms with Crippen LogP contribution >= 0.6 is 15.9 Å². The summed E-state index contributed by atoms with van der Waals surface area (Å²) in [5, 5.41) is 2.79. The van der Waals surface area contributed by atoms with E-state index < -0.39 is 11.5 Å². The Morgan fingerprint density at radius 1 is 1.29 bits per heavy atom. The predicted molar refractivity (Wildman–Crippen MR) is 86.2 cm³/mol. The number of ether oxygens (including phenoxy) is 1. The SMILES string of the molecule is CCOC(=O)c1ccc(NC(=O)C(N)(CC)CC)c(Br)c1. The quantitative estimate of drug-likeness (QED) is 0.767. The molecule has 0 fully saturated rings. The summed E-state index contributed by atoms with van der Waals surface area (Å²) in [5.41, 5.74) is 6.16. The predicted octanol–water partition coefficient (Wildman–Crippen LogP) is 3.08. The van der Waals surface area contributed by atoms with Gasteiger partial charge in [-0.2, -0.15) is 0 Å². The fourth-order valence-corrected chi connectivity index (χ4v) is 2.25. The summed E-state index contributed by atoms with van der Waals surface area (Å²) in [4.78, 5) is 23.9. The molecule has 6 heteroatoms. The third kappa shape index (κ3) is 4.28. The van der Waals surface area contributed by atoms with Gasteiger partial charge in [0, 0.05) is 4.47 Å². The monoisotopic (exact) mass is 356 g/mol. The van der Waals surface area contributed by atoms with Crippen molar-refractivity contribution in [3.05, 3.63) is 28.2 Å². The van der Waals surface area contributed by atoms with Crippen molar-refractivity contribution in [3.63, 3.8) is 0 Å². The Hall–Kier alpha value is -1.40. The summed E-state index contributed by atoms with van der Waals surface area (Å²) in [6, 6.07) is 4.87. The molecule has 0 aliphatic carbocycles. The lowest BCUT2D eigenvalue weighted by atomic mass is 9.93. The van der Waals surface area contributed by atoms with Gasteiger partial charge >= 0.3 is 5.97 Å². The molecule has 5 nitrogen and oxygen atoms in total. The molecule has 0 saturated heterocycles. The largest absolute Gasteiger partial charge is 0.462 e. The number of nitrogens with one attached hydrogen (secondary N) is 1. The standard InChI is InChI=1S/C15H21BrN2O3/c1-4-15(17,5-2)14(20)18-12-8-7-10(9-11(12)16)13(19)21-6-3/h7-9H,4-6,17H2,1-3H3,(H,18,20). The Kier molecular flexibility index (Phi) is 6.36. The Bertz CT molecular complexity index is 528. The van der Waals surface area contributed by atoms with Crippen molar-refractivity contribution < 1.29 is 14.3 Å². The maximum Gasteiger partial charge on any atom is 0.338 e. The van der Waals surface area contributed by atoms with Gasteiger partial charge in [-0.05, 0) is 53.9 Å². The molecular formula is C15H21BrN2O3. The topological polar surface area (TPSA) is 81.4 Å². The Labute approximate surface area is 133 Å². The minimum atomic E-state index is -0.890. The van der Waals surface area contributed by atoms with Crippen LogP contribution in [0.15, 0.2) is 22.7 Å². The number of carbonyl (C=O) groups is 2. The van der Waals surface area contributed by atoms with E-state index in [2.05, 4.69) is 21.2 Å². The molecule has 0 heterocycles. The van der Waals surface area contributed by atoms with E-state index in [1.165, 1.54) is 0 Å². The van der Waals surface area contributed by atoms with Crippen LogP contribution < -0.4 is 11.1 Å². The Morgan fingerprint density at radius 3 is 2.38 bits per heavy atom. The number of nitrogens with two attached hydrogens (primary N) is 1. The van der Waals surface area contributed by atoms with Crippen molar-refractivity contribution in [1.82, 2.24) is 0 Å². The summed E-state index contributed by atoms with van der Waals surface area (Å²) in [6.07, 6.45) is 1.10. The van der Waals surface area contributed by atoms with Gasteiger partial charge in [-0.1, -0.05) is 13.8 Å². The molecule has 0 saturated carbocycles. The van der Waals surface area contributed by atoms with Gasteiger partial charge in [0.15, 0.2) is 0 Å². The zero-order valence-electron chi connectivity index (χ0n) is 12.5. The van der Waals surface area contributed by atoms with E-state index in [-0.39, 0.29) is 5.91 Å². The maximum absolute atomic E-state index is 12.2. The van der Waals surface area contributed by atoms with Gasteiger partial charge in [-0.25, -0.2) is 4.79 Å². The van der Waals surface area contributed by atoms with Crippen LogP contribution in [0.4, 0.5) is 5.69 Å². The zero-order valence-corrected chi connectivity index (χ0v) is 14.1. The molecule has 21 heavy (non-hydrogen) atoms. The van der Waals surface area contributed by atoms with E-state index in [1.54, 1.807) is 25.1 Å². The molecule has 0 bridgehead atoms. The summed E-state index contributed by atoms with van der Waals surface area (Å²) in [6.45, 7) is 5.82. The van der Waals surface area contributed by atoms with Gasteiger partial charge in [0.25, 0.3) is 0 Å². The first kappa shape index (κ1) is 17.7. The van der Waals surface area contributed by atoms with E-state index in [9.17, 15) is 9.59 Å². The minimum Gasteiger partial charge on any atom is -0.462 e. The van der Waals surface area contributed by atoms with Crippen molar-refractivity contribution in [2.75, 3.05) is 11.9 Å². The lowest BCUT2D eigenvalue weighted by Gasteiger charge is -2.25. The highest BCUT2D eigenvalue weighted by Gasteiger charge is 2.30. The molecule has 0 aliphatic heterocycles. The van der Waals surface area contributed by atoms with Crippen LogP contribution in [-0.2, 0) is 9.53 Å². The number of benzene rings is 1. The van der Waals surface area contributed by atoms with Crippen LogP contribution in [0, 0.1) is 0 Å². The van der Waals surface area contributed by atoms with E-state index in [0.29, 0.717) is 35.2 Å². The summed E-state index contributed by atoms with van der Waals surface area (Å²) in [5.74, 6) is -0.636. The minimum absolute atomic E-state index is 0.239. The van der Waals surface area contributed by atoms with Crippen molar-refractivity contribution in [3.8, 4) is 0 Å². The molecule has 0 aromatic heterocycles. The van der Waals surface area contributed by atoms with Crippen LogP contribution in [-0.4, -0.2) is 24.0 Å². The van der Waals surface area contributed by atoms with Crippen LogP contribution in [0.3, 0.4) is 0 Å². The molecule has 0 unspecified atom stereocenters. The second-order valence-electron chi connectivity index (χ2n) is 4.73. The summed E-state index contributed by atoms with van der Waals surface area (Å²) < 4.78 is 5.53. The van der Waals surface area contributed by atoms with Gasteiger partial charge in [-0.15, -0.1) is 0 Å². The van der Waals surface area contributed by atoms with Crippen molar-refractivity contribution in [2.45, 2.75) is 39.2 Å². The molecule has 3 N–H and O–H groups in total. The fourth-order valence-electron chi connectivity index (χ4n) is 1.78. The number of anilines is 1. The lowest BCUT2D eigenvalue weighted by Crippen LogP contribution is -2.50. The lowest BCUT2D eigenvalue weighted by molar-refractivity contribution is -0.121. The number of hydrogen-bond donors (Lipinski definition) is 2. The average Bonchev–Trinajstić information content (AvgIpc) is 2.48. The highest BCUT2D eigenvalue weighted by molar-refractivity contribution is 9.10. The summed E-state index contributed by atoms with van der Waals surface area (Å²) in [7, 11) is 0. The molecule has 0 spiro atoms. The van der Waals surface area contributed by atoms with E-state index >= 15 is 0 Å². The third-order valence-corrected chi connectivity index (χ3v) is 4.10. The average molecular weight is 357 g/mol. The zero-order chi connectivity index (χ0) is 16.0. The highest BCUT2D eigenvalue weighted by atomic mass is 79.9. The number of hydrogen-bond acceptors (Lipinski definition) is 4. The van der Waals surface area contributed by atoms with Gasteiger partial charge in [0.05, 0.1) is 23.4 Å². The highest BCUT2D eigenvalue weighted by Crippen LogP contribution is 2.25. The number of esters is 1. The second-order valence-corrected chi connectivity index (χ2v) is 5.59. The van der Waals surface area contributed by atoms with Gasteiger partial charge in [0.2, 0.25) is 5.91 Å². The maximum atomic E-state index is 12.2. The van der Waals surface area contributed by atoms with Crippen LogP contribution in [0.2, 0.25) is 0 Å². The fraction of sp³-hybridized carbons (Fsp3) is 0.467. The number of amides is 1. The van der Waals surface area contributed by atoms with E-state index in [1.807, 2.05) is 13.8 Å². The molecule has 0 aliphatic rings. The number of carbonyl (C=O) groups excluding carboxylic acids is 2. The molecule has 0 radical (unpaired) electrons. The molecule has 0 atom stereocenters. The van der Waals surface area contributed by atoms with Gasteiger partial charge in [-0.3, -0.25) is 4.79 Å². The molecule has 1 rings (SSSR count). The van der Waals surface area contributed by atoms with Gasteiger partial charge < -0.3 is 15.8 Å². The van der Waals surface area contributed by atoms with Crippen molar-refractivity contribution in [2.24, 2.45) is 5.73 Å². The van der Waals surface area contributed by atoms with Crippen LogP contribution in [0.5, 0.6) is 0 Å². The van der Waals surface area contributed by atoms with Crippen molar-refractivity contribution >= 4 is 33.5 Å². The molecular weight excluding hydrogens is 336 g/mol. The molecule has 1 aromatic rings. The van der Waals surface area contributed by atoms with E-state index in [4.69, 9.17) is 10.5 Å². The van der Waals surface area contributed by atoms with E-state index in [0.717, 1.165) is 0 Å². The Morgan fingerprint density at radius 2 is 1.90 bits per heavy atom. The third-order valence-electron chi connectivity index (χ3n) is 3.44.